The fraction of sp³-hybridized carbons (Fsp3) is 0.143. The van der Waals surface area contributed by atoms with Gasteiger partial charge >= 0.3 is 0 Å². The maximum absolute atomic E-state index is 14.1. The van der Waals surface area contributed by atoms with Crippen LogP contribution in [0.15, 0.2) is 45.8 Å². The molecule has 0 amide bonds. The third kappa shape index (κ3) is 3.61. The summed E-state index contributed by atoms with van der Waals surface area (Å²) in [5.74, 6) is -0.176. The normalized spacial score (nSPS) is 11.4. The van der Waals surface area contributed by atoms with Crippen LogP contribution in [0.3, 0.4) is 0 Å². The Balaban J connectivity index is 2.29. The molecular weight excluding hydrogens is 361 g/mol. The largest absolute Gasteiger partial charge is 0.454 e. The minimum Gasteiger partial charge on any atom is -0.454 e. The molecule has 0 aliphatic rings. The number of halogens is 2. The predicted octanol–water partition coefficient (Wildman–Crippen LogP) is 3.24. The standard InChI is InChI=1S/C14H13BrFNO3S/c1-21(18,19)11-5-3-10(4-6-11)20-12-7-2-9(8-17)13(15)14(12)16/h2-7H,8,17H2,1H3. The third-order valence-electron chi connectivity index (χ3n) is 2.83. The van der Waals surface area contributed by atoms with Crippen molar-refractivity contribution in [1.29, 1.82) is 0 Å². The first-order valence-electron chi connectivity index (χ1n) is 5.98. The summed E-state index contributed by atoms with van der Waals surface area (Å²) >= 11 is 3.13. The van der Waals surface area contributed by atoms with Gasteiger partial charge in [-0.05, 0) is 51.8 Å². The molecule has 0 saturated heterocycles. The average molecular weight is 374 g/mol. The van der Waals surface area contributed by atoms with Gasteiger partial charge in [-0.3, -0.25) is 0 Å². The highest BCUT2D eigenvalue weighted by molar-refractivity contribution is 9.10. The molecule has 0 fully saturated rings. The van der Waals surface area contributed by atoms with E-state index in [1.807, 2.05) is 0 Å². The van der Waals surface area contributed by atoms with Crippen molar-refractivity contribution in [3.05, 3.63) is 52.3 Å². The minimum atomic E-state index is -3.27. The number of ether oxygens (including phenoxy) is 1. The molecule has 2 aromatic rings. The first kappa shape index (κ1) is 15.9. The second-order valence-electron chi connectivity index (χ2n) is 4.40. The summed E-state index contributed by atoms with van der Waals surface area (Å²) in [7, 11) is -3.27. The highest BCUT2D eigenvalue weighted by Gasteiger charge is 2.13. The minimum absolute atomic E-state index is 0.0335. The van der Waals surface area contributed by atoms with Crippen molar-refractivity contribution in [2.24, 2.45) is 5.73 Å². The van der Waals surface area contributed by atoms with Crippen LogP contribution in [-0.2, 0) is 16.4 Å². The van der Waals surface area contributed by atoms with Crippen LogP contribution in [0.2, 0.25) is 0 Å². The summed E-state index contributed by atoms with van der Waals surface area (Å²) in [5.41, 5.74) is 6.12. The van der Waals surface area contributed by atoms with Crippen molar-refractivity contribution < 1.29 is 17.5 Å². The van der Waals surface area contributed by atoms with Crippen LogP contribution in [0.1, 0.15) is 5.56 Å². The van der Waals surface area contributed by atoms with E-state index in [9.17, 15) is 12.8 Å². The van der Waals surface area contributed by atoms with Crippen LogP contribution in [0.4, 0.5) is 4.39 Å². The smallest absolute Gasteiger partial charge is 0.180 e. The molecule has 0 aliphatic heterocycles. The highest BCUT2D eigenvalue weighted by atomic mass is 79.9. The predicted molar refractivity (Wildman–Crippen MR) is 81.6 cm³/mol. The maximum atomic E-state index is 14.1. The summed E-state index contributed by atoms with van der Waals surface area (Å²) < 4.78 is 42.5. The van der Waals surface area contributed by atoms with Gasteiger partial charge in [-0.15, -0.1) is 0 Å². The van der Waals surface area contributed by atoms with Crippen LogP contribution in [-0.4, -0.2) is 14.7 Å². The molecule has 21 heavy (non-hydrogen) atoms. The summed E-state index contributed by atoms with van der Waals surface area (Å²) in [4.78, 5) is 0.176. The van der Waals surface area contributed by atoms with Gasteiger partial charge in [0.05, 0.1) is 9.37 Å². The van der Waals surface area contributed by atoms with Gasteiger partial charge in [-0.1, -0.05) is 6.07 Å². The SMILES string of the molecule is CS(=O)(=O)c1ccc(Oc2ccc(CN)c(Br)c2F)cc1. The molecule has 0 radical (unpaired) electrons. The summed E-state index contributed by atoms with van der Waals surface area (Å²) in [6.07, 6.45) is 1.12. The van der Waals surface area contributed by atoms with E-state index in [0.717, 1.165) is 6.26 Å². The van der Waals surface area contributed by atoms with Gasteiger partial charge in [0.2, 0.25) is 0 Å². The molecule has 0 aliphatic carbocycles. The second-order valence-corrected chi connectivity index (χ2v) is 7.21. The fourth-order valence-corrected chi connectivity index (χ4v) is 2.81. The molecule has 0 bridgehead atoms. The number of rotatable bonds is 4. The van der Waals surface area contributed by atoms with Gasteiger partial charge < -0.3 is 10.5 Å². The van der Waals surface area contributed by atoms with Crippen LogP contribution < -0.4 is 10.5 Å². The number of nitrogens with two attached hydrogens (primary N) is 1. The third-order valence-corrected chi connectivity index (χ3v) is 4.81. The fourth-order valence-electron chi connectivity index (χ4n) is 1.69. The molecule has 2 aromatic carbocycles. The number of hydrogen-bond acceptors (Lipinski definition) is 4. The monoisotopic (exact) mass is 373 g/mol. The Morgan fingerprint density at radius 3 is 2.33 bits per heavy atom. The van der Waals surface area contributed by atoms with Crippen LogP contribution in [0.5, 0.6) is 11.5 Å². The molecule has 0 unspecified atom stereocenters. The van der Waals surface area contributed by atoms with Gasteiger partial charge in [0.25, 0.3) is 0 Å². The molecular formula is C14H13BrFNO3S. The topological polar surface area (TPSA) is 69.4 Å². The second kappa shape index (κ2) is 6.13. The Morgan fingerprint density at radius 2 is 1.81 bits per heavy atom. The Bertz CT molecular complexity index is 761. The van der Waals surface area contributed by atoms with Gasteiger partial charge in [0, 0.05) is 12.8 Å². The zero-order chi connectivity index (χ0) is 15.6. The van der Waals surface area contributed by atoms with Crippen LogP contribution >= 0.6 is 15.9 Å². The van der Waals surface area contributed by atoms with E-state index in [-0.39, 0.29) is 21.7 Å². The first-order valence-corrected chi connectivity index (χ1v) is 8.66. The van der Waals surface area contributed by atoms with Gasteiger partial charge in [0.15, 0.2) is 21.4 Å². The Kier molecular flexibility index (Phi) is 4.65. The van der Waals surface area contributed by atoms with E-state index in [2.05, 4.69) is 15.9 Å². The van der Waals surface area contributed by atoms with Gasteiger partial charge in [-0.2, -0.15) is 0 Å². The summed E-state index contributed by atoms with van der Waals surface area (Å²) in [6.45, 7) is 0.209. The zero-order valence-corrected chi connectivity index (χ0v) is 13.5. The molecule has 7 heteroatoms. The van der Waals surface area contributed by atoms with Crippen molar-refractivity contribution in [2.75, 3.05) is 6.26 Å². The molecule has 0 saturated carbocycles. The van der Waals surface area contributed by atoms with Crippen molar-refractivity contribution in [2.45, 2.75) is 11.4 Å². The quantitative estimate of drug-likeness (QED) is 0.892. The lowest BCUT2D eigenvalue weighted by Gasteiger charge is -2.10. The number of hydrogen-bond donors (Lipinski definition) is 1. The summed E-state index contributed by atoms with van der Waals surface area (Å²) in [5, 5.41) is 0. The lowest BCUT2D eigenvalue weighted by molar-refractivity contribution is 0.439. The van der Waals surface area contributed by atoms with Crippen molar-refractivity contribution in [3.63, 3.8) is 0 Å². The Morgan fingerprint density at radius 1 is 1.19 bits per heavy atom. The van der Waals surface area contributed by atoms with E-state index >= 15 is 0 Å². The lowest BCUT2D eigenvalue weighted by atomic mass is 10.2. The number of benzene rings is 2. The Labute approximate surface area is 130 Å². The van der Waals surface area contributed by atoms with Crippen LogP contribution in [0.25, 0.3) is 0 Å². The maximum Gasteiger partial charge on any atom is 0.180 e. The number of sulfone groups is 1. The van der Waals surface area contributed by atoms with E-state index in [1.165, 1.54) is 30.3 Å². The van der Waals surface area contributed by atoms with Gasteiger partial charge in [0.1, 0.15) is 5.75 Å². The van der Waals surface area contributed by atoms with Crippen molar-refractivity contribution in [3.8, 4) is 11.5 Å². The Hall–Kier alpha value is -1.44. The van der Waals surface area contributed by atoms with Gasteiger partial charge in [-0.25, -0.2) is 12.8 Å². The molecule has 0 spiro atoms. The molecule has 4 nitrogen and oxygen atoms in total. The molecule has 112 valence electrons. The molecule has 2 rings (SSSR count). The highest BCUT2D eigenvalue weighted by Crippen LogP contribution is 2.31. The molecule has 2 N–H and O–H groups in total. The first-order chi connectivity index (χ1) is 9.82. The van der Waals surface area contributed by atoms with E-state index in [0.29, 0.717) is 11.3 Å². The lowest BCUT2D eigenvalue weighted by Crippen LogP contribution is -2.00. The zero-order valence-electron chi connectivity index (χ0n) is 11.1. The molecule has 0 atom stereocenters. The van der Waals surface area contributed by atoms with E-state index in [1.54, 1.807) is 6.07 Å². The summed E-state index contributed by atoms with van der Waals surface area (Å²) in [6, 6.07) is 8.90. The molecule has 0 heterocycles. The molecule has 0 aromatic heterocycles. The average Bonchev–Trinajstić information content (AvgIpc) is 2.44. The van der Waals surface area contributed by atoms with E-state index < -0.39 is 15.7 Å². The van der Waals surface area contributed by atoms with Crippen molar-refractivity contribution in [1.82, 2.24) is 0 Å². The van der Waals surface area contributed by atoms with Crippen molar-refractivity contribution >= 4 is 25.8 Å². The van der Waals surface area contributed by atoms with Crippen LogP contribution in [0, 0.1) is 5.82 Å². The van der Waals surface area contributed by atoms with E-state index in [4.69, 9.17) is 10.5 Å².